The Kier molecular flexibility index (Phi) is 5.83. The number of hydrogen-bond donors (Lipinski definition) is 1. The van der Waals surface area contributed by atoms with Crippen molar-refractivity contribution >= 4 is 39.9 Å². The van der Waals surface area contributed by atoms with Crippen molar-refractivity contribution in [3.63, 3.8) is 0 Å². The van der Waals surface area contributed by atoms with Gasteiger partial charge in [-0.15, -0.1) is 0 Å². The fourth-order valence-corrected chi connectivity index (χ4v) is 4.54. The van der Waals surface area contributed by atoms with Crippen LogP contribution in [0.4, 0.5) is 5.69 Å². The Hall–Kier alpha value is -4.03. The highest BCUT2D eigenvalue weighted by Gasteiger charge is 2.45. The fourth-order valence-electron chi connectivity index (χ4n) is 4.36. The fraction of sp³-hybridized carbons (Fsp3) is 0.143. The van der Waals surface area contributed by atoms with E-state index >= 15 is 0 Å². The minimum atomic E-state index is -0.856. The van der Waals surface area contributed by atoms with E-state index in [4.69, 9.17) is 20.8 Å². The summed E-state index contributed by atoms with van der Waals surface area (Å²) < 4.78 is 11.0. The number of ketones is 1. The molecule has 1 amide bonds. The quantitative estimate of drug-likeness (QED) is 0.316. The molecule has 5 rings (SSSR count). The molecule has 3 aromatic carbocycles. The van der Waals surface area contributed by atoms with E-state index in [0.717, 1.165) is 12.0 Å². The summed E-state index contributed by atoms with van der Waals surface area (Å²) in [5.41, 5.74) is 2.75. The summed E-state index contributed by atoms with van der Waals surface area (Å²) in [6.07, 6.45) is 0.847. The highest BCUT2D eigenvalue weighted by atomic mass is 35.5. The van der Waals surface area contributed by atoms with Crippen molar-refractivity contribution in [3.05, 3.63) is 106 Å². The second-order valence-electron chi connectivity index (χ2n) is 8.26. The monoisotopic (exact) mass is 487 g/mol. The van der Waals surface area contributed by atoms with Gasteiger partial charge in [-0.1, -0.05) is 42.8 Å². The standard InChI is InChI=1S/C28H22ClNO5/c1-3-16-4-9-20(10-5-16)30-25(17-6-11-21(34-2)12-7-17)24(27(32)28(30)33)26(31)23-15-18-14-19(29)8-13-22(18)35-23/h4-15,25,32H,3H2,1-2H3. The number of aliphatic hydroxyl groups is 1. The Morgan fingerprint density at radius 3 is 2.43 bits per heavy atom. The van der Waals surface area contributed by atoms with Gasteiger partial charge in [0.05, 0.1) is 18.7 Å². The number of rotatable bonds is 6. The van der Waals surface area contributed by atoms with Crippen molar-refractivity contribution in [3.8, 4) is 5.75 Å². The van der Waals surface area contributed by atoms with Gasteiger partial charge in [0, 0.05) is 16.1 Å². The van der Waals surface area contributed by atoms with Crippen molar-refractivity contribution in [2.24, 2.45) is 0 Å². The lowest BCUT2D eigenvalue weighted by Gasteiger charge is -2.27. The van der Waals surface area contributed by atoms with Crippen molar-refractivity contribution in [1.82, 2.24) is 0 Å². The number of carbonyl (C=O) groups is 2. The van der Waals surface area contributed by atoms with E-state index in [1.807, 2.05) is 31.2 Å². The number of carbonyl (C=O) groups excluding carboxylic acids is 2. The van der Waals surface area contributed by atoms with Gasteiger partial charge < -0.3 is 14.3 Å². The Labute approximate surface area is 207 Å². The molecule has 1 unspecified atom stereocenters. The number of hydrogen-bond acceptors (Lipinski definition) is 5. The summed E-state index contributed by atoms with van der Waals surface area (Å²) in [6.45, 7) is 2.04. The SMILES string of the molecule is CCc1ccc(N2C(=O)C(O)=C(C(=O)c3cc4cc(Cl)ccc4o3)C2c2ccc(OC)cc2)cc1. The third-order valence-electron chi connectivity index (χ3n) is 6.21. The van der Waals surface area contributed by atoms with E-state index in [0.29, 0.717) is 33.0 Å². The van der Waals surface area contributed by atoms with E-state index in [1.165, 1.54) is 4.90 Å². The van der Waals surface area contributed by atoms with Crippen molar-refractivity contribution in [2.45, 2.75) is 19.4 Å². The molecule has 6 nitrogen and oxygen atoms in total. The molecule has 0 fully saturated rings. The zero-order valence-corrected chi connectivity index (χ0v) is 19.9. The number of fused-ring (bicyclic) bond motifs is 1. The summed E-state index contributed by atoms with van der Waals surface area (Å²) in [5, 5.41) is 12.1. The molecule has 0 spiro atoms. The van der Waals surface area contributed by atoms with Gasteiger partial charge in [-0.3, -0.25) is 14.5 Å². The zero-order valence-electron chi connectivity index (χ0n) is 19.1. The van der Waals surface area contributed by atoms with Crippen LogP contribution < -0.4 is 9.64 Å². The number of methoxy groups -OCH3 is 1. The Bertz CT molecular complexity index is 1470. The molecule has 0 aliphatic carbocycles. The highest BCUT2D eigenvalue weighted by Crippen LogP contribution is 2.42. The van der Waals surface area contributed by atoms with E-state index in [9.17, 15) is 14.7 Å². The second kappa shape index (κ2) is 8.96. The van der Waals surface area contributed by atoms with Crippen molar-refractivity contribution in [1.29, 1.82) is 0 Å². The number of aryl methyl sites for hydroxylation is 1. The van der Waals surface area contributed by atoms with Crippen LogP contribution in [-0.4, -0.2) is 23.9 Å². The molecule has 1 aromatic heterocycles. The van der Waals surface area contributed by atoms with Gasteiger partial charge in [0.15, 0.2) is 11.5 Å². The Balaban J connectivity index is 1.63. The number of Topliss-reactive ketones (excluding diaryl/α,β-unsaturated/α-hetero) is 1. The lowest BCUT2D eigenvalue weighted by atomic mass is 9.94. The molecule has 176 valence electrons. The first-order valence-corrected chi connectivity index (χ1v) is 11.5. The van der Waals surface area contributed by atoms with Crippen LogP contribution in [0.1, 0.15) is 34.6 Å². The molecule has 4 aromatic rings. The van der Waals surface area contributed by atoms with Crippen LogP contribution in [0, 0.1) is 0 Å². The van der Waals surface area contributed by atoms with Crippen LogP contribution >= 0.6 is 11.6 Å². The van der Waals surface area contributed by atoms with E-state index in [1.54, 1.807) is 55.6 Å². The van der Waals surface area contributed by atoms with Crippen molar-refractivity contribution in [2.75, 3.05) is 12.0 Å². The molecule has 2 heterocycles. The number of halogens is 1. The lowest BCUT2D eigenvalue weighted by Crippen LogP contribution is -2.31. The summed E-state index contributed by atoms with van der Waals surface area (Å²) in [6, 6.07) is 20.3. The number of aliphatic hydroxyl groups excluding tert-OH is 1. The van der Waals surface area contributed by atoms with Crippen LogP contribution in [-0.2, 0) is 11.2 Å². The summed E-state index contributed by atoms with van der Waals surface area (Å²) in [5.74, 6) is -1.19. The number of ether oxygens (including phenoxy) is 1. The zero-order chi connectivity index (χ0) is 24.7. The Morgan fingerprint density at radius 1 is 1.06 bits per heavy atom. The maximum Gasteiger partial charge on any atom is 0.294 e. The molecule has 0 bridgehead atoms. The molecule has 0 radical (unpaired) electrons. The molecular formula is C28H22ClNO5. The molecule has 0 saturated heterocycles. The first-order valence-electron chi connectivity index (χ1n) is 11.1. The van der Waals surface area contributed by atoms with Crippen LogP contribution in [0.5, 0.6) is 5.75 Å². The molecule has 35 heavy (non-hydrogen) atoms. The van der Waals surface area contributed by atoms with Gasteiger partial charge in [-0.25, -0.2) is 0 Å². The first-order chi connectivity index (χ1) is 16.9. The number of amides is 1. The third kappa shape index (κ3) is 3.96. The van der Waals surface area contributed by atoms with Gasteiger partial charge in [0.25, 0.3) is 5.91 Å². The smallest absolute Gasteiger partial charge is 0.294 e. The van der Waals surface area contributed by atoms with Gasteiger partial charge in [-0.2, -0.15) is 0 Å². The van der Waals surface area contributed by atoms with Crippen LogP contribution in [0.15, 0.2) is 88.5 Å². The molecule has 1 N–H and O–H groups in total. The van der Waals surface area contributed by atoms with Gasteiger partial charge >= 0.3 is 0 Å². The van der Waals surface area contributed by atoms with Crippen LogP contribution in [0.2, 0.25) is 5.02 Å². The molecule has 1 aliphatic heterocycles. The van der Waals surface area contributed by atoms with Gasteiger partial charge in [0.2, 0.25) is 5.78 Å². The first kappa shape index (κ1) is 22.7. The van der Waals surface area contributed by atoms with E-state index in [-0.39, 0.29) is 11.3 Å². The Morgan fingerprint density at radius 2 is 1.77 bits per heavy atom. The van der Waals surface area contributed by atoms with E-state index in [2.05, 4.69) is 0 Å². The predicted molar refractivity (Wildman–Crippen MR) is 134 cm³/mol. The molecular weight excluding hydrogens is 466 g/mol. The second-order valence-corrected chi connectivity index (χ2v) is 8.69. The minimum Gasteiger partial charge on any atom is -0.503 e. The largest absolute Gasteiger partial charge is 0.503 e. The number of nitrogens with zero attached hydrogens (tertiary/aromatic N) is 1. The number of anilines is 1. The molecule has 1 atom stereocenters. The molecule has 1 aliphatic rings. The molecule has 7 heteroatoms. The number of furan rings is 1. The maximum atomic E-state index is 13.7. The van der Waals surface area contributed by atoms with Crippen LogP contribution in [0.25, 0.3) is 11.0 Å². The van der Waals surface area contributed by atoms with Crippen LogP contribution in [0.3, 0.4) is 0 Å². The highest BCUT2D eigenvalue weighted by molar-refractivity contribution is 6.31. The maximum absolute atomic E-state index is 13.7. The third-order valence-corrected chi connectivity index (χ3v) is 6.44. The van der Waals surface area contributed by atoms with Crippen molar-refractivity contribution < 1.29 is 23.8 Å². The predicted octanol–water partition coefficient (Wildman–Crippen LogP) is 6.44. The lowest BCUT2D eigenvalue weighted by molar-refractivity contribution is -0.117. The molecule has 0 saturated carbocycles. The van der Waals surface area contributed by atoms with Gasteiger partial charge in [-0.05, 0) is 66.1 Å². The summed E-state index contributed by atoms with van der Waals surface area (Å²) >= 11 is 6.08. The van der Waals surface area contributed by atoms with Gasteiger partial charge in [0.1, 0.15) is 11.3 Å². The van der Waals surface area contributed by atoms with E-state index < -0.39 is 23.5 Å². The average Bonchev–Trinajstić information content (AvgIpc) is 3.42. The average molecular weight is 488 g/mol. The topological polar surface area (TPSA) is 80.0 Å². The number of benzene rings is 3. The summed E-state index contributed by atoms with van der Waals surface area (Å²) in [7, 11) is 1.56. The normalized spacial score (nSPS) is 15.8. The minimum absolute atomic E-state index is 0.0123. The summed E-state index contributed by atoms with van der Waals surface area (Å²) in [4.78, 5) is 28.5.